The van der Waals surface area contributed by atoms with E-state index in [1.165, 1.54) is 7.05 Å². The zero-order valence-electron chi connectivity index (χ0n) is 11.3. The molecule has 0 saturated heterocycles. The molecule has 17 heavy (non-hydrogen) atoms. The first-order chi connectivity index (χ1) is 7.56. The number of amides is 1. The third kappa shape index (κ3) is 5.73. The Morgan fingerprint density at radius 1 is 1.53 bits per heavy atom. The standard InChI is InChI=1S/C9H16N4O.C2H5.Y/c1-6(5-8(14)10-3)9-7(2)13(4)12-11-9;1-2;/h6H,5H2,1-4H3,(H,10,14);1H2,2H3;/q;-1;/p-1/t6-;;/m0../s1. The third-order valence-corrected chi connectivity index (χ3v) is 2.34. The molecule has 1 atom stereocenters. The zero-order valence-corrected chi connectivity index (χ0v) is 14.1. The molecular formula is C11H20N4OY-2. The van der Waals surface area contributed by atoms with Crippen molar-refractivity contribution in [1.29, 1.82) is 0 Å². The average molecular weight is 313 g/mol. The van der Waals surface area contributed by atoms with Crippen LogP contribution in [0.15, 0.2) is 0 Å². The van der Waals surface area contributed by atoms with E-state index in [0.717, 1.165) is 11.4 Å². The number of aryl methyl sites for hydroxylation is 1. The first-order valence-corrected chi connectivity index (χ1v) is 5.25. The van der Waals surface area contributed by atoms with E-state index in [2.05, 4.69) is 22.6 Å². The Morgan fingerprint density at radius 3 is 2.41 bits per heavy atom. The van der Waals surface area contributed by atoms with Gasteiger partial charge in [0.2, 0.25) is 0 Å². The van der Waals surface area contributed by atoms with Gasteiger partial charge in [0.15, 0.2) is 0 Å². The molecular weight excluding hydrogens is 293 g/mol. The van der Waals surface area contributed by atoms with Crippen LogP contribution in [0.25, 0.3) is 5.32 Å². The molecule has 1 heterocycles. The summed E-state index contributed by atoms with van der Waals surface area (Å²) in [5.74, 6) is -0.0116. The summed E-state index contributed by atoms with van der Waals surface area (Å²) in [4.78, 5) is 11.1. The zero-order chi connectivity index (χ0) is 12.7. The van der Waals surface area contributed by atoms with Crippen molar-refractivity contribution in [2.75, 3.05) is 7.05 Å². The van der Waals surface area contributed by atoms with Crippen LogP contribution >= 0.6 is 0 Å². The van der Waals surface area contributed by atoms with Gasteiger partial charge in [0, 0.05) is 45.7 Å². The number of carbonyl (C=O) groups is 1. The van der Waals surface area contributed by atoms with Crippen LogP contribution in [0.4, 0.5) is 0 Å². The van der Waals surface area contributed by atoms with Crippen molar-refractivity contribution in [3.63, 3.8) is 0 Å². The molecule has 1 radical (unpaired) electrons. The predicted octanol–water partition coefficient (Wildman–Crippen LogP) is 1.99. The molecule has 1 rings (SSSR count). The van der Waals surface area contributed by atoms with Crippen molar-refractivity contribution in [2.45, 2.75) is 33.1 Å². The summed E-state index contributed by atoms with van der Waals surface area (Å²) in [6.45, 7) is 8.90. The van der Waals surface area contributed by atoms with Crippen LogP contribution in [0, 0.1) is 13.8 Å². The van der Waals surface area contributed by atoms with Gasteiger partial charge in [-0.3, -0.25) is 4.68 Å². The molecule has 0 aliphatic rings. The van der Waals surface area contributed by atoms with Crippen LogP contribution in [0.2, 0.25) is 0 Å². The van der Waals surface area contributed by atoms with Gasteiger partial charge in [-0.25, -0.2) is 0 Å². The van der Waals surface area contributed by atoms with Gasteiger partial charge in [-0.1, -0.05) is 12.1 Å². The molecule has 0 aliphatic carbocycles. The van der Waals surface area contributed by atoms with E-state index in [9.17, 15) is 4.79 Å². The van der Waals surface area contributed by atoms with Crippen molar-refractivity contribution in [1.82, 2.24) is 15.0 Å². The summed E-state index contributed by atoms with van der Waals surface area (Å²) in [6.07, 6.45) is 0.399. The second-order valence-electron chi connectivity index (χ2n) is 3.41. The molecule has 0 unspecified atom stereocenters. The summed E-state index contributed by atoms with van der Waals surface area (Å²) in [5.41, 5.74) is 1.88. The van der Waals surface area contributed by atoms with E-state index >= 15 is 0 Å². The normalized spacial score (nSPS) is 10.7. The third-order valence-electron chi connectivity index (χ3n) is 2.34. The van der Waals surface area contributed by atoms with Gasteiger partial charge in [-0.2, -0.15) is 6.92 Å². The molecule has 1 aromatic rings. The summed E-state index contributed by atoms with van der Waals surface area (Å²) in [6, 6.07) is 0. The largest absolute Gasteiger partial charge is 0.656 e. The molecule has 5 nitrogen and oxygen atoms in total. The summed E-state index contributed by atoms with van der Waals surface area (Å²) < 4.78 is 1.71. The number of rotatable bonds is 3. The summed E-state index contributed by atoms with van der Waals surface area (Å²) >= 11 is 0. The van der Waals surface area contributed by atoms with Gasteiger partial charge in [-0.05, 0) is 13.3 Å². The fourth-order valence-corrected chi connectivity index (χ4v) is 1.33. The van der Waals surface area contributed by atoms with Crippen LogP contribution in [0.1, 0.15) is 37.6 Å². The van der Waals surface area contributed by atoms with E-state index in [1.54, 1.807) is 11.6 Å². The molecule has 0 N–H and O–H groups in total. The molecule has 0 spiro atoms. The average Bonchev–Trinajstić information content (AvgIpc) is 2.62. The molecule has 0 aromatic carbocycles. The van der Waals surface area contributed by atoms with Crippen molar-refractivity contribution < 1.29 is 37.5 Å². The minimum absolute atomic E-state index is 0. The summed E-state index contributed by atoms with van der Waals surface area (Å²) in [7, 11) is 3.35. The second-order valence-corrected chi connectivity index (χ2v) is 3.41. The maximum Gasteiger partial charge on any atom is 0.0888 e. The van der Waals surface area contributed by atoms with Crippen molar-refractivity contribution in [2.24, 2.45) is 7.05 Å². The number of hydrogen-bond donors (Lipinski definition) is 0. The maximum atomic E-state index is 11.1. The van der Waals surface area contributed by atoms with E-state index in [1.807, 2.05) is 20.9 Å². The molecule has 1 amide bonds. The van der Waals surface area contributed by atoms with Gasteiger partial charge in [0.25, 0.3) is 0 Å². The SMILES string of the molecule is C[N-]C(=O)C[C@H](C)c1nnn(C)c1C.[CH2-]C.[Y]. The van der Waals surface area contributed by atoms with E-state index < -0.39 is 0 Å². The Morgan fingerprint density at radius 2 is 2.06 bits per heavy atom. The van der Waals surface area contributed by atoms with Gasteiger partial charge in [0.1, 0.15) is 0 Å². The van der Waals surface area contributed by atoms with Crippen molar-refractivity contribution in [3.05, 3.63) is 23.6 Å². The molecule has 0 aliphatic heterocycles. The van der Waals surface area contributed by atoms with Gasteiger partial charge in [-0.15, -0.1) is 12.1 Å². The van der Waals surface area contributed by atoms with E-state index in [4.69, 9.17) is 0 Å². The molecule has 0 fully saturated rings. The molecule has 6 heteroatoms. The Bertz CT molecular complexity index is 338. The summed E-state index contributed by atoms with van der Waals surface area (Å²) in [5, 5.41) is 11.5. The number of carbonyl (C=O) groups excluding carboxylic acids is 1. The molecule has 95 valence electrons. The number of nitrogens with zero attached hydrogens (tertiary/aromatic N) is 4. The quantitative estimate of drug-likeness (QED) is 0.802. The predicted molar refractivity (Wildman–Crippen MR) is 64.1 cm³/mol. The Labute approximate surface area is 129 Å². The smallest absolute Gasteiger partial charge is 0.0888 e. The first kappa shape index (κ1) is 19.1. The maximum absolute atomic E-state index is 11.1. The van der Waals surface area contributed by atoms with Crippen LogP contribution in [-0.4, -0.2) is 27.9 Å². The second kappa shape index (κ2) is 9.71. The van der Waals surface area contributed by atoms with E-state index in [-0.39, 0.29) is 44.5 Å². The molecule has 0 bridgehead atoms. The van der Waals surface area contributed by atoms with Crippen LogP contribution in [-0.2, 0) is 44.6 Å². The van der Waals surface area contributed by atoms with Gasteiger partial charge in [0.05, 0.1) is 17.3 Å². The minimum atomic E-state index is -0.0949. The van der Waals surface area contributed by atoms with E-state index in [0.29, 0.717) is 6.42 Å². The van der Waals surface area contributed by atoms with Crippen LogP contribution in [0.3, 0.4) is 0 Å². The Balaban J connectivity index is 0. The fraction of sp³-hybridized carbons (Fsp3) is 0.636. The first-order valence-electron chi connectivity index (χ1n) is 5.25. The van der Waals surface area contributed by atoms with Crippen LogP contribution < -0.4 is 0 Å². The van der Waals surface area contributed by atoms with Crippen molar-refractivity contribution >= 4 is 5.91 Å². The van der Waals surface area contributed by atoms with Gasteiger partial charge < -0.3 is 17.0 Å². The number of aromatic nitrogens is 3. The molecule has 1 aromatic heterocycles. The van der Waals surface area contributed by atoms with Crippen LogP contribution in [0.5, 0.6) is 0 Å². The fourth-order valence-electron chi connectivity index (χ4n) is 1.33. The topological polar surface area (TPSA) is 61.9 Å². The number of hydrogen-bond acceptors (Lipinski definition) is 3. The monoisotopic (exact) mass is 313 g/mol. The minimum Gasteiger partial charge on any atom is -0.656 e. The Hall–Kier alpha value is -0.286. The molecule has 0 saturated carbocycles. The van der Waals surface area contributed by atoms with Gasteiger partial charge >= 0.3 is 0 Å². The Kier molecular flexibility index (Phi) is 10.9. The van der Waals surface area contributed by atoms with Crippen molar-refractivity contribution in [3.8, 4) is 0 Å².